The van der Waals surface area contributed by atoms with Crippen molar-refractivity contribution in [2.24, 2.45) is 0 Å². The molecule has 7 aromatic carbocycles. The van der Waals surface area contributed by atoms with Crippen LogP contribution in [0.25, 0.3) is 53.6 Å². The summed E-state index contributed by atoms with van der Waals surface area (Å²) in [6.07, 6.45) is 0. The van der Waals surface area contributed by atoms with Gasteiger partial charge in [-0.2, -0.15) is 0 Å². The van der Waals surface area contributed by atoms with Gasteiger partial charge in [-0.15, -0.1) is 11.3 Å². The Labute approximate surface area is 280 Å². The molecule has 1 nitrogen and oxygen atoms in total. The van der Waals surface area contributed by atoms with Crippen LogP contribution in [0, 0.1) is 0 Å². The van der Waals surface area contributed by atoms with Gasteiger partial charge in [0.25, 0.3) is 0 Å². The lowest BCUT2D eigenvalue weighted by atomic mass is 9.82. The fraction of sp³-hybridized carbons (Fsp3) is 0.0667. The molecule has 0 bridgehead atoms. The maximum Gasteiger partial charge on any atom is 0.0462 e. The summed E-state index contributed by atoms with van der Waals surface area (Å²) in [5.41, 5.74) is 13.9. The van der Waals surface area contributed by atoms with Crippen molar-refractivity contribution in [3.05, 3.63) is 175 Å². The molecule has 1 aliphatic rings. The normalized spacial score (nSPS) is 13.1. The number of thiophene rings is 1. The smallest absolute Gasteiger partial charge is 0.0462 e. The van der Waals surface area contributed by atoms with E-state index in [0.717, 1.165) is 17.1 Å². The number of benzene rings is 7. The van der Waals surface area contributed by atoms with Gasteiger partial charge in [-0.25, -0.2) is 0 Å². The molecule has 0 saturated carbocycles. The first-order valence-electron chi connectivity index (χ1n) is 16.3. The highest BCUT2D eigenvalue weighted by Gasteiger charge is 2.35. The second-order valence-corrected chi connectivity index (χ2v) is 14.1. The predicted octanol–water partition coefficient (Wildman–Crippen LogP) is 13.2. The van der Waals surface area contributed by atoms with Crippen LogP contribution in [0.5, 0.6) is 0 Å². The van der Waals surface area contributed by atoms with Crippen molar-refractivity contribution in [2.45, 2.75) is 19.3 Å². The highest BCUT2D eigenvalue weighted by molar-refractivity contribution is 7.25. The van der Waals surface area contributed by atoms with E-state index in [2.05, 4.69) is 183 Å². The molecule has 0 fully saturated rings. The third-order valence-electron chi connectivity index (χ3n) is 9.89. The van der Waals surface area contributed by atoms with E-state index >= 15 is 0 Å². The van der Waals surface area contributed by atoms with Crippen molar-refractivity contribution < 1.29 is 0 Å². The van der Waals surface area contributed by atoms with E-state index in [1.165, 1.54) is 64.7 Å². The second kappa shape index (κ2) is 10.8. The number of rotatable bonds is 5. The van der Waals surface area contributed by atoms with Crippen LogP contribution in [-0.2, 0) is 5.41 Å². The summed E-state index contributed by atoms with van der Waals surface area (Å²) in [5, 5.41) is 2.67. The summed E-state index contributed by atoms with van der Waals surface area (Å²) in [6, 6.07) is 60.0. The molecule has 1 aromatic heterocycles. The highest BCUT2D eigenvalue weighted by atomic mass is 32.1. The zero-order valence-corrected chi connectivity index (χ0v) is 27.3. The largest absolute Gasteiger partial charge is 0.311 e. The topological polar surface area (TPSA) is 3.24 Å². The molecular formula is C45H33NS. The van der Waals surface area contributed by atoms with Crippen LogP contribution in [0.2, 0.25) is 0 Å². The number of nitrogens with zero attached hydrogens (tertiary/aromatic N) is 1. The molecule has 9 rings (SSSR count). The summed E-state index contributed by atoms with van der Waals surface area (Å²) in [4.78, 5) is 2.34. The van der Waals surface area contributed by atoms with Crippen molar-refractivity contribution in [2.75, 3.05) is 4.90 Å². The zero-order valence-electron chi connectivity index (χ0n) is 26.4. The Morgan fingerprint density at radius 2 is 0.936 bits per heavy atom. The molecule has 0 amide bonds. The Bertz CT molecular complexity index is 2410. The van der Waals surface area contributed by atoms with E-state index in [1.54, 1.807) is 0 Å². The van der Waals surface area contributed by atoms with E-state index in [4.69, 9.17) is 0 Å². The highest BCUT2D eigenvalue weighted by Crippen LogP contribution is 2.49. The fourth-order valence-electron chi connectivity index (χ4n) is 7.44. The molecule has 1 aliphatic carbocycles. The van der Waals surface area contributed by atoms with E-state index in [-0.39, 0.29) is 5.41 Å². The molecule has 0 aliphatic heterocycles. The van der Waals surface area contributed by atoms with Gasteiger partial charge in [-0.1, -0.05) is 123 Å². The molecular weight excluding hydrogens is 587 g/mol. The summed E-state index contributed by atoms with van der Waals surface area (Å²) in [5.74, 6) is 0. The van der Waals surface area contributed by atoms with E-state index < -0.39 is 0 Å². The Balaban J connectivity index is 1.05. The van der Waals surface area contributed by atoms with Crippen molar-refractivity contribution >= 4 is 48.6 Å². The predicted molar refractivity (Wildman–Crippen MR) is 202 cm³/mol. The monoisotopic (exact) mass is 619 g/mol. The summed E-state index contributed by atoms with van der Waals surface area (Å²) in [6.45, 7) is 4.67. The van der Waals surface area contributed by atoms with Crippen LogP contribution in [0.1, 0.15) is 25.0 Å². The summed E-state index contributed by atoms with van der Waals surface area (Å²) < 4.78 is 2.67. The van der Waals surface area contributed by atoms with Gasteiger partial charge in [0, 0.05) is 42.6 Å². The molecule has 47 heavy (non-hydrogen) atoms. The number of para-hydroxylation sites is 1. The number of hydrogen-bond donors (Lipinski definition) is 0. The third-order valence-corrected chi connectivity index (χ3v) is 11.0. The molecule has 8 aromatic rings. The SMILES string of the molecule is CC1(C)c2ccccc2-c2cc(-c3ccc(N(c4ccccc4)c4ccc(-c5ccc6c(c5)sc5ccccc56)cc4)cc3)ccc21. The Morgan fingerprint density at radius 3 is 1.68 bits per heavy atom. The van der Waals surface area contributed by atoms with Crippen molar-refractivity contribution in [1.82, 2.24) is 0 Å². The lowest BCUT2D eigenvalue weighted by Gasteiger charge is -2.26. The van der Waals surface area contributed by atoms with Crippen LogP contribution >= 0.6 is 11.3 Å². The first kappa shape index (κ1) is 27.8. The standard InChI is InChI=1S/C45H33NS/c1-45(2)41-14-8-6-12-37(41)40-28-32(21-27-42(40)45)30-16-22-35(23-17-30)46(34-10-4-3-5-11-34)36-24-18-31(19-25-36)33-20-26-39-38-13-7-9-15-43(38)47-44(39)29-33/h3-29H,1-2H3. The van der Waals surface area contributed by atoms with Gasteiger partial charge in [-0.3, -0.25) is 0 Å². The van der Waals surface area contributed by atoms with Gasteiger partial charge in [0.15, 0.2) is 0 Å². The van der Waals surface area contributed by atoms with Crippen LogP contribution in [0.15, 0.2) is 164 Å². The first-order valence-corrected chi connectivity index (χ1v) is 17.1. The molecule has 0 spiro atoms. The maximum absolute atomic E-state index is 2.38. The second-order valence-electron chi connectivity index (χ2n) is 13.0. The lowest BCUT2D eigenvalue weighted by molar-refractivity contribution is 0.660. The van der Waals surface area contributed by atoms with Gasteiger partial charge < -0.3 is 4.90 Å². The lowest BCUT2D eigenvalue weighted by Crippen LogP contribution is -2.14. The van der Waals surface area contributed by atoms with Crippen LogP contribution in [-0.4, -0.2) is 0 Å². The fourth-order valence-corrected chi connectivity index (χ4v) is 8.58. The average Bonchev–Trinajstić information content (AvgIpc) is 3.61. The molecule has 0 atom stereocenters. The minimum absolute atomic E-state index is 0.0193. The average molecular weight is 620 g/mol. The van der Waals surface area contributed by atoms with Crippen molar-refractivity contribution in [3.8, 4) is 33.4 Å². The quantitative estimate of drug-likeness (QED) is 0.185. The summed E-state index contributed by atoms with van der Waals surface area (Å²) in [7, 11) is 0. The number of anilines is 3. The van der Waals surface area contributed by atoms with Gasteiger partial charge in [-0.05, 0) is 99.1 Å². The maximum atomic E-state index is 2.38. The van der Waals surface area contributed by atoms with Crippen LogP contribution in [0.3, 0.4) is 0 Å². The molecule has 0 N–H and O–H groups in total. The van der Waals surface area contributed by atoms with E-state index in [9.17, 15) is 0 Å². The number of hydrogen-bond acceptors (Lipinski definition) is 2. The zero-order chi connectivity index (χ0) is 31.5. The van der Waals surface area contributed by atoms with Crippen molar-refractivity contribution in [1.29, 1.82) is 0 Å². The molecule has 2 heteroatoms. The van der Waals surface area contributed by atoms with Crippen molar-refractivity contribution in [3.63, 3.8) is 0 Å². The van der Waals surface area contributed by atoms with E-state index in [1.807, 2.05) is 11.3 Å². The van der Waals surface area contributed by atoms with Gasteiger partial charge >= 0.3 is 0 Å². The first-order chi connectivity index (χ1) is 23.0. The summed E-state index contributed by atoms with van der Waals surface area (Å²) >= 11 is 1.87. The van der Waals surface area contributed by atoms with Gasteiger partial charge in [0.2, 0.25) is 0 Å². The van der Waals surface area contributed by atoms with E-state index in [0.29, 0.717) is 0 Å². The van der Waals surface area contributed by atoms with Gasteiger partial charge in [0.1, 0.15) is 0 Å². The third kappa shape index (κ3) is 4.60. The number of fused-ring (bicyclic) bond motifs is 6. The molecule has 224 valence electrons. The Hall–Kier alpha value is -5.44. The minimum Gasteiger partial charge on any atom is -0.311 e. The molecule has 0 saturated heterocycles. The van der Waals surface area contributed by atoms with Crippen LogP contribution in [0.4, 0.5) is 17.1 Å². The minimum atomic E-state index is 0.0193. The Kier molecular flexibility index (Phi) is 6.41. The van der Waals surface area contributed by atoms with Gasteiger partial charge in [0.05, 0.1) is 0 Å². The molecule has 1 heterocycles. The molecule has 0 radical (unpaired) electrons. The Morgan fingerprint density at radius 1 is 0.404 bits per heavy atom. The molecule has 0 unspecified atom stereocenters. The van der Waals surface area contributed by atoms with Crippen LogP contribution < -0.4 is 4.90 Å².